The van der Waals surface area contributed by atoms with Crippen LogP contribution in [0.1, 0.15) is 18.1 Å². The maximum Gasteiger partial charge on any atom is 0.279 e. The van der Waals surface area contributed by atoms with Gasteiger partial charge in [-0.2, -0.15) is 5.10 Å². The molecule has 2 heterocycles. The summed E-state index contributed by atoms with van der Waals surface area (Å²) >= 11 is 0. The number of fused-ring (bicyclic) bond motifs is 2. The number of anilines is 1. The minimum Gasteiger partial charge on any atom is -0.493 e. The zero-order chi connectivity index (χ0) is 18.1. The highest BCUT2D eigenvalue weighted by molar-refractivity contribution is 6.54. The van der Waals surface area contributed by atoms with Crippen molar-refractivity contribution in [3.63, 3.8) is 0 Å². The molecule has 7 heteroatoms. The van der Waals surface area contributed by atoms with Crippen molar-refractivity contribution in [3.05, 3.63) is 47.5 Å². The molecule has 0 bridgehead atoms. The molecule has 2 aliphatic heterocycles. The van der Waals surface area contributed by atoms with E-state index in [9.17, 15) is 4.79 Å². The van der Waals surface area contributed by atoms with Crippen LogP contribution in [0, 0.1) is 0 Å². The maximum absolute atomic E-state index is 12.6. The number of likely N-dealkylation sites (N-methyl/N-ethyl adjacent to an activating group) is 1. The Morgan fingerprint density at radius 2 is 2.12 bits per heavy atom. The van der Waals surface area contributed by atoms with E-state index in [0.717, 1.165) is 16.8 Å². The first kappa shape index (κ1) is 16.1. The number of hydrogen-bond acceptors (Lipinski definition) is 6. The molecule has 0 radical (unpaired) electrons. The van der Waals surface area contributed by atoms with Gasteiger partial charge < -0.3 is 19.1 Å². The molecule has 0 spiro atoms. The summed E-state index contributed by atoms with van der Waals surface area (Å²) in [5.41, 5.74) is 2.73. The molecule has 0 N–H and O–H groups in total. The molecule has 0 saturated carbocycles. The van der Waals surface area contributed by atoms with Gasteiger partial charge in [0.05, 0.1) is 19.0 Å². The zero-order valence-corrected chi connectivity index (χ0v) is 14.4. The van der Waals surface area contributed by atoms with E-state index < -0.39 is 0 Å². The third-order valence-corrected chi connectivity index (χ3v) is 4.26. The standard InChI is InChI=1S/C19H17N3O4/c1-3-22-14-7-5-4-6-13(14)17(19(22)23)21-20-10-12-8-15(24-2)18-16(9-12)25-11-26-18/h4-10H,3,11H2,1-2H3/b20-10-,21-17+. The van der Waals surface area contributed by atoms with Crippen molar-refractivity contribution in [2.24, 2.45) is 10.2 Å². The average molecular weight is 351 g/mol. The number of nitrogens with zero attached hydrogens (tertiary/aromatic N) is 3. The Morgan fingerprint density at radius 3 is 2.92 bits per heavy atom. The molecule has 1 amide bonds. The largest absolute Gasteiger partial charge is 0.493 e. The minimum atomic E-state index is -0.144. The molecule has 2 aliphatic rings. The molecular weight excluding hydrogens is 334 g/mol. The Hall–Kier alpha value is -3.35. The smallest absolute Gasteiger partial charge is 0.279 e. The summed E-state index contributed by atoms with van der Waals surface area (Å²) < 4.78 is 16.1. The van der Waals surface area contributed by atoms with Crippen LogP contribution in [0.15, 0.2) is 46.6 Å². The summed E-state index contributed by atoms with van der Waals surface area (Å²) in [5, 5.41) is 8.28. The van der Waals surface area contributed by atoms with E-state index >= 15 is 0 Å². The molecule has 0 aromatic heterocycles. The second-order valence-corrected chi connectivity index (χ2v) is 5.72. The van der Waals surface area contributed by atoms with Crippen LogP contribution in [-0.2, 0) is 4.79 Å². The molecule has 4 rings (SSSR count). The lowest BCUT2D eigenvalue weighted by atomic mass is 10.1. The topological polar surface area (TPSA) is 72.7 Å². The molecule has 132 valence electrons. The predicted molar refractivity (Wildman–Crippen MR) is 97.7 cm³/mol. The van der Waals surface area contributed by atoms with Gasteiger partial charge in [0.25, 0.3) is 5.91 Å². The molecule has 0 fully saturated rings. The molecular formula is C19H17N3O4. The first-order chi connectivity index (χ1) is 12.7. The Bertz CT molecular complexity index is 936. The van der Waals surface area contributed by atoms with Crippen molar-refractivity contribution < 1.29 is 19.0 Å². The fraction of sp³-hybridized carbons (Fsp3) is 0.211. The lowest BCUT2D eigenvalue weighted by Crippen LogP contribution is -2.29. The molecule has 0 saturated heterocycles. The molecule has 2 aromatic carbocycles. The van der Waals surface area contributed by atoms with E-state index in [2.05, 4.69) is 10.2 Å². The van der Waals surface area contributed by atoms with Crippen molar-refractivity contribution in [3.8, 4) is 17.2 Å². The number of amides is 1. The second kappa shape index (κ2) is 6.51. The number of hydrogen-bond donors (Lipinski definition) is 0. The quantitative estimate of drug-likeness (QED) is 0.627. The van der Waals surface area contributed by atoms with Crippen LogP contribution >= 0.6 is 0 Å². The van der Waals surface area contributed by atoms with Crippen LogP contribution in [0.3, 0.4) is 0 Å². The number of carbonyl (C=O) groups is 1. The normalized spacial score (nSPS) is 16.6. The van der Waals surface area contributed by atoms with Gasteiger partial charge in [-0.25, -0.2) is 0 Å². The number of benzene rings is 2. The number of methoxy groups -OCH3 is 1. The Morgan fingerprint density at radius 1 is 1.27 bits per heavy atom. The summed E-state index contributed by atoms with van der Waals surface area (Å²) in [4.78, 5) is 14.2. The van der Waals surface area contributed by atoms with Gasteiger partial charge in [0.15, 0.2) is 17.2 Å². The van der Waals surface area contributed by atoms with E-state index in [0.29, 0.717) is 29.5 Å². The average Bonchev–Trinajstić information content (AvgIpc) is 3.24. The van der Waals surface area contributed by atoms with Crippen molar-refractivity contribution in [2.75, 3.05) is 25.3 Å². The lowest BCUT2D eigenvalue weighted by molar-refractivity contribution is -0.112. The second-order valence-electron chi connectivity index (χ2n) is 5.72. The first-order valence-electron chi connectivity index (χ1n) is 8.23. The third-order valence-electron chi connectivity index (χ3n) is 4.26. The van der Waals surface area contributed by atoms with E-state index in [1.165, 1.54) is 0 Å². The van der Waals surface area contributed by atoms with Gasteiger partial charge in [0.2, 0.25) is 12.5 Å². The van der Waals surface area contributed by atoms with Crippen molar-refractivity contribution >= 4 is 23.5 Å². The molecule has 7 nitrogen and oxygen atoms in total. The fourth-order valence-corrected chi connectivity index (χ4v) is 3.05. The molecule has 0 atom stereocenters. The summed E-state index contributed by atoms with van der Waals surface area (Å²) in [7, 11) is 1.56. The molecule has 0 aliphatic carbocycles. The third kappa shape index (κ3) is 2.57. The van der Waals surface area contributed by atoms with Gasteiger partial charge in [-0.05, 0) is 25.1 Å². The zero-order valence-electron chi connectivity index (χ0n) is 14.4. The van der Waals surface area contributed by atoms with Crippen LogP contribution < -0.4 is 19.1 Å². The number of ether oxygens (including phenoxy) is 3. The van der Waals surface area contributed by atoms with Gasteiger partial charge >= 0.3 is 0 Å². The molecule has 2 aromatic rings. The summed E-state index contributed by atoms with van der Waals surface area (Å²) in [6, 6.07) is 11.1. The van der Waals surface area contributed by atoms with E-state index in [1.54, 1.807) is 30.4 Å². The van der Waals surface area contributed by atoms with Crippen LogP contribution in [0.2, 0.25) is 0 Å². The Balaban J connectivity index is 1.65. The highest BCUT2D eigenvalue weighted by Crippen LogP contribution is 2.41. The van der Waals surface area contributed by atoms with Crippen molar-refractivity contribution in [1.29, 1.82) is 0 Å². The van der Waals surface area contributed by atoms with E-state index in [4.69, 9.17) is 14.2 Å². The van der Waals surface area contributed by atoms with Gasteiger partial charge in [-0.3, -0.25) is 4.79 Å². The highest BCUT2D eigenvalue weighted by Gasteiger charge is 2.32. The van der Waals surface area contributed by atoms with Crippen molar-refractivity contribution in [2.45, 2.75) is 6.92 Å². The van der Waals surface area contributed by atoms with Crippen molar-refractivity contribution in [1.82, 2.24) is 0 Å². The van der Waals surface area contributed by atoms with Gasteiger partial charge in [-0.15, -0.1) is 5.10 Å². The predicted octanol–water partition coefficient (Wildman–Crippen LogP) is 2.61. The van der Waals surface area contributed by atoms with Crippen LogP contribution in [0.25, 0.3) is 0 Å². The molecule has 0 unspecified atom stereocenters. The van der Waals surface area contributed by atoms with E-state index in [1.807, 2.05) is 31.2 Å². The van der Waals surface area contributed by atoms with Gasteiger partial charge in [0.1, 0.15) is 0 Å². The highest BCUT2D eigenvalue weighted by atomic mass is 16.7. The van der Waals surface area contributed by atoms with Crippen LogP contribution in [-0.4, -0.2) is 38.3 Å². The lowest BCUT2D eigenvalue weighted by Gasteiger charge is -2.12. The first-order valence-corrected chi connectivity index (χ1v) is 8.23. The number of carbonyl (C=O) groups excluding carboxylic acids is 1. The van der Waals surface area contributed by atoms with Crippen LogP contribution in [0.4, 0.5) is 5.69 Å². The Labute approximate surface area is 150 Å². The SMILES string of the molecule is CCN1C(=O)/C(=N/N=C\c2cc(OC)c3c(c2)OCO3)c2ccccc21. The fourth-order valence-electron chi connectivity index (χ4n) is 3.05. The van der Waals surface area contributed by atoms with Gasteiger partial charge in [-0.1, -0.05) is 18.2 Å². The number of rotatable bonds is 4. The van der Waals surface area contributed by atoms with Gasteiger partial charge in [0, 0.05) is 17.7 Å². The summed E-state index contributed by atoms with van der Waals surface area (Å²) in [6.45, 7) is 2.67. The summed E-state index contributed by atoms with van der Waals surface area (Å²) in [5.74, 6) is 1.59. The number of para-hydroxylation sites is 1. The van der Waals surface area contributed by atoms with E-state index in [-0.39, 0.29) is 12.7 Å². The molecule has 26 heavy (non-hydrogen) atoms. The minimum absolute atomic E-state index is 0.144. The maximum atomic E-state index is 12.6. The summed E-state index contributed by atoms with van der Waals surface area (Å²) in [6.07, 6.45) is 1.56. The van der Waals surface area contributed by atoms with Crippen LogP contribution in [0.5, 0.6) is 17.2 Å². The Kier molecular flexibility index (Phi) is 4.04. The monoisotopic (exact) mass is 351 g/mol.